The molecule has 0 aromatic heterocycles. The van der Waals surface area contributed by atoms with Gasteiger partial charge in [0.1, 0.15) is 11.9 Å². The van der Waals surface area contributed by atoms with Crippen molar-refractivity contribution < 1.29 is 38.2 Å². The summed E-state index contributed by atoms with van der Waals surface area (Å²) in [6, 6.07) is -1.17. The first kappa shape index (κ1) is 34.3. The minimum Gasteiger partial charge on any atom is -0.450 e. The Bertz CT molecular complexity index is 835. The van der Waals surface area contributed by atoms with Crippen LogP contribution in [0.4, 0.5) is 9.59 Å². The summed E-state index contributed by atoms with van der Waals surface area (Å²) >= 11 is 0. The number of hydrogen-bond acceptors (Lipinski definition) is 9. The van der Waals surface area contributed by atoms with Gasteiger partial charge in [0.05, 0.1) is 25.7 Å². The highest BCUT2D eigenvalue weighted by Crippen LogP contribution is 2.09. The molecular weight excluding hydrogens is 500 g/mol. The second kappa shape index (κ2) is 19.4. The summed E-state index contributed by atoms with van der Waals surface area (Å²) < 4.78 is 9.56. The van der Waals surface area contributed by atoms with E-state index in [1.807, 2.05) is 6.92 Å². The number of rotatable bonds is 14. The third kappa shape index (κ3) is 14.2. The van der Waals surface area contributed by atoms with Gasteiger partial charge in [-0.15, -0.1) is 0 Å². The summed E-state index contributed by atoms with van der Waals surface area (Å²) in [4.78, 5) is 69.8. The maximum atomic E-state index is 12.4. The number of carbonyl (C=O) groups excluding carboxylic acids is 6. The predicted octanol–water partition coefficient (Wildman–Crippen LogP) is 0.484. The molecule has 5 N–H and O–H groups in total. The first-order chi connectivity index (χ1) is 18.0. The van der Waals surface area contributed by atoms with Gasteiger partial charge < -0.3 is 36.1 Å². The molecule has 14 heteroatoms. The van der Waals surface area contributed by atoms with Gasteiger partial charge in [0.15, 0.2) is 0 Å². The summed E-state index contributed by atoms with van der Waals surface area (Å²) in [5, 5.41) is 12.8. The van der Waals surface area contributed by atoms with Gasteiger partial charge in [0.2, 0.25) is 23.6 Å². The van der Waals surface area contributed by atoms with Crippen molar-refractivity contribution in [2.75, 3.05) is 33.9 Å². The Hall–Kier alpha value is -3.68. The third-order valence-corrected chi connectivity index (χ3v) is 5.12. The lowest BCUT2D eigenvalue weighted by atomic mass is 10.1. The molecule has 0 bridgehead atoms. The van der Waals surface area contributed by atoms with Crippen LogP contribution in [-0.2, 0) is 28.7 Å². The highest BCUT2D eigenvalue weighted by molar-refractivity contribution is 6.05. The highest BCUT2D eigenvalue weighted by atomic mass is 16.6. The van der Waals surface area contributed by atoms with Gasteiger partial charge >= 0.3 is 12.2 Å². The molecule has 6 amide bonds. The quantitative estimate of drug-likeness (QED) is 0.154. The molecule has 1 aliphatic rings. The Morgan fingerprint density at radius 1 is 1.03 bits per heavy atom. The summed E-state index contributed by atoms with van der Waals surface area (Å²) in [6.07, 6.45) is 1.50. The normalized spacial score (nSPS) is 15.0. The van der Waals surface area contributed by atoms with Crippen LogP contribution < -0.4 is 26.6 Å². The lowest BCUT2D eigenvalue weighted by Crippen LogP contribution is -2.48. The van der Waals surface area contributed by atoms with Crippen LogP contribution in [0.25, 0.3) is 0 Å². The number of hydrogen-bond donors (Lipinski definition) is 5. The zero-order valence-corrected chi connectivity index (χ0v) is 22.9. The topological polar surface area (TPSA) is 184 Å². The van der Waals surface area contributed by atoms with E-state index in [4.69, 9.17) is 9.47 Å². The van der Waals surface area contributed by atoms with Gasteiger partial charge in [-0.2, -0.15) is 0 Å². The molecule has 1 fully saturated rings. The molecule has 0 saturated carbocycles. The predicted molar refractivity (Wildman–Crippen MR) is 138 cm³/mol. The Morgan fingerprint density at radius 2 is 1.66 bits per heavy atom. The molecule has 0 aromatic rings. The summed E-state index contributed by atoms with van der Waals surface area (Å²) in [6.45, 7) is 9.65. The van der Waals surface area contributed by atoms with Crippen molar-refractivity contribution in [2.45, 2.75) is 71.4 Å². The van der Waals surface area contributed by atoms with E-state index in [2.05, 4.69) is 33.2 Å². The standard InChI is InChI=1S/C18H32N4O6.C6H10N2O2/c1-5-10-15(23)20-13(4)21-16(24)14(22-18(26)28-7-3)11-8-9-12-19-17(25)27-6-2;1-7-4-3-5(9)8(2)6(4)10/h14H,4-12H2,1-3H3,(H,19,25)(H,20,23)(H,21,24)(H,22,26);4,7H,3H2,1-2H3. The van der Waals surface area contributed by atoms with E-state index in [9.17, 15) is 28.8 Å². The van der Waals surface area contributed by atoms with E-state index in [1.54, 1.807) is 20.9 Å². The maximum absolute atomic E-state index is 12.4. The molecule has 216 valence electrons. The number of carbonyl (C=O) groups is 6. The van der Waals surface area contributed by atoms with E-state index in [0.717, 1.165) is 4.90 Å². The van der Waals surface area contributed by atoms with Crippen molar-refractivity contribution in [3.8, 4) is 0 Å². The molecule has 14 nitrogen and oxygen atoms in total. The third-order valence-electron chi connectivity index (χ3n) is 5.12. The monoisotopic (exact) mass is 542 g/mol. The van der Waals surface area contributed by atoms with E-state index in [1.165, 1.54) is 7.05 Å². The Labute approximate surface area is 223 Å². The molecule has 0 aromatic carbocycles. The van der Waals surface area contributed by atoms with Crippen LogP contribution in [0, 0.1) is 0 Å². The van der Waals surface area contributed by atoms with E-state index < -0.39 is 24.1 Å². The highest BCUT2D eigenvalue weighted by Gasteiger charge is 2.34. The van der Waals surface area contributed by atoms with Gasteiger partial charge in [-0.1, -0.05) is 13.5 Å². The fourth-order valence-corrected chi connectivity index (χ4v) is 3.14. The summed E-state index contributed by atoms with van der Waals surface area (Å²) in [5.74, 6) is -0.971. The number of imide groups is 1. The average Bonchev–Trinajstić information content (AvgIpc) is 3.10. The van der Waals surface area contributed by atoms with Gasteiger partial charge in [-0.05, 0) is 46.6 Å². The lowest BCUT2D eigenvalue weighted by Gasteiger charge is -2.19. The molecule has 2 atom stereocenters. The fraction of sp³-hybridized carbons (Fsp3) is 0.667. The van der Waals surface area contributed by atoms with Crippen LogP contribution in [0.5, 0.6) is 0 Å². The lowest BCUT2D eigenvalue weighted by molar-refractivity contribution is -0.137. The van der Waals surface area contributed by atoms with Crippen molar-refractivity contribution in [1.29, 1.82) is 0 Å². The minimum absolute atomic E-state index is 0.0445. The van der Waals surface area contributed by atoms with E-state index >= 15 is 0 Å². The van der Waals surface area contributed by atoms with Crippen LogP contribution in [0.15, 0.2) is 12.4 Å². The number of unbranched alkanes of at least 4 members (excludes halogenated alkanes) is 1. The Balaban J connectivity index is 0.00000113. The molecule has 2 unspecified atom stereocenters. The SMILES string of the molecule is C=C(NC(=O)CCC)NC(=O)C(CCCCNC(=O)OCC)NC(=O)OCC.CNC1CC(=O)N(C)C1=O. The second-order valence-corrected chi connectivity index (χ2v) is 8.16. The maximum Gasteiger partial charge on any atom is 0.407 e. The second-order valence-electron chi connectivity index (χ2n) is 8.16. The number of nitrogens with one attached hydrogen (secondary N) is 5. The van der Waals surface area contributed by atoms with Crippen LogP contribution in [0.1, 0.15) is 59.3 Å². The molecule has 0 aliphatic carbocycles. The fourth-order valence-electron chi connectivity index (χ4n) is 3.14. The van der Waals surface area contributed by atoms with Crippen LogP contribution in [-0.4, -0.2) is 86.7 Å². The van der Waals surface area contributed by atoms with Gasteiger partial charge in [-0.3, -0.25) is 24.1 Å². The number of ether oxygens (including phenoxy) is 2. The minimum atomic E-state index is -0.874. The molecule has 0 spiro atoms. The van der Waals surface area contributed by atoms with Crippen molar-refractivity contribution in [3.05, 3.63) is 12.4 Å². The van der Waals surface area contributed by atoms with Crippen LogP contribution >= 0.6 is 0 Å². The van der Waals surface area contributed by atoms with Crippen LogP contribution in [0.2, 0.25) is 0 Å². The van der Waals surface area contributed by atoms with E-state index in [-0.39, 0.29) is 42.8 Å². The molecule has 0 radical (unpaired) electrons. The zero-order valence-electron chi connectivity index (χ0n) is 22.9. The van der Waals surface area contributed by atoms with Crippen molar-refractivity contribution >= 4 is 35.8 Å². The molecule has 1 aliphatic heterocycles. The molecule has 1 rings (SSSR count). The number of likely N-dealkylation sites (N-methyl/N-ethyl adjacent to an activating group) is 2. The van der Waals surface area contributed by atoms with Crippen molar-refractivity contribution in [3.63, 3.8) is 0 Å². The van der Waals surface area contributed by atoms with Gasteiger partial charge in [-0.25, -0.2) is 9.59 Å². The first-order valence-corrected chi connectivity index (χ1v) is 12.6. The Morgan fingerprint density at radius 3 is 2.16 bits per heavy atom. The van der Waals surface area contributed by atoms with Gasteiger partial charge in [0.25, 0.3) is 0 Å². The van der Waals surface area contributed by atoms with E-state index in [0.29, 0.717) is 45.1 Å². The largest absolute Gasteiger partial charge is 0.450 e. The zero-order chi connectivity index (χ0) is 29.1. The number of nitrogens with zero attached hydrogens (tertiary/aromatic N) is 1. The Kier molecular flexibility index (Phi) is 17.6. The molecule has 1 heterocycles. The van der Waals surface area contributed by atoms with Crippen molar-refractivity contribution in [2.24, 2.45) is 0 Å². The number of alkyl carbamates (subject to hydrolysis) is 2. The van der Waals surface area contributed by atoms with Crippen LogP contribution in [0.3, 0.4) is 0 Å². The number of amides is 6. The smallest absolute Gasteiger partial charge is 0.407 e. The molecule has 38 heavy (non-hydrogen) atoms. The molecular formula is C24H42N6O8. The van der Waals surface area contributed by atoms with Crippen molar-refractivity contribution in [1.82, 2.24) is 31.5 Å². The summed E-state index contributed by atoms with van der Waals surface area (Å²) in [5.41, 5.74) is 0. The summed E-state index contributed by atoms with van der Waals surface area (Å²) in [7, 11) is 3.18. The van der Waals surface area contributed by atoms with Gasteiger partial charge in [0, 0.05) is 20.0 Å². The molecule has 1 saturated heterocycles. The first-order valence-electron chi connectivity index (χ1n) is 12.6. The average molecular weight is 543 g/mol. The number of likely N-dealkylation sites (tertiary alicyclic amines) is 1.